The topological polar surface area (TPSA) is 96.2 Å². The Labute approximate surface area is 219 Å². The zero-order valence-corrected chi connectivity index (χ0v) is 21.8. The highest BCUT2D eigenvalue weighted by atomic mass is 19.1. The number of rotatable bonds is 5. The van der Waals surface area contributed by atoms with Crippen LogP contribution in [0.15, 0.2) is 41.5 Å². The minimum absolute atomic E-state index is 0.0966. The fourth-order valence-corrected chi connectivity index (χ4v) is 6.45. The van der Waals surface area contributed by atoms with Crippen LogP contribution in [-0.2, 0) is 7.05 Å². The second-order valence-electron chi connectivity index (χ2n) is 11.6. The van der Waals surface area contributed by atoms with Gasteiger partial charge in [0.2, 0.25) is 0 Å². The molecule has 38 heavy (non-hydrogen) atoms. The van der Waals surface area contributed by atoms with E-state index in [1.54, 1.807) is 18.3 Å². The van der Waals surface area contributed by atoms with Crippen molar-refractivity contribution in [1.82, 2.24) is 25.1 Å². The van der Waals surface area contributed by atoms with E-state index in [0.29, 0.717) is 23.4 Å². The van der Waals surface area contributed by atoms with E-state index >= 15 is 4.39 Å². The average Bonchev–Trinajstić information content (AvgIpc) is 3.70. The van der Waals surface area contributed by atoms with Crippen LogP contribution in [-0.4, -0.2) is 54.2 Å². The predicted molar refractivity (Wildman–Crippen MR) is 140 cm³/mol. The van der Waals surface area contributed by atoms with Gasteiger partial charge in [-0.25, -0.2) is 13.8 Å². The van der Waals surface area contributed by atoms with Gasteiger partial charge in [-0.2, -0.15) is 0 Å². The van der Waals surface area contributed by atoms with Gasteiger partial charge in [0.15, 0.2) is 11.6 Å². The molecule has 0 unspecified atom stereocenters. The molecule has 2 aliphatic heterocycles. The highest BCUT2D eigenvalue weighted by Gasteiger charge is 2.55. The van der Waals surface area contributed by atoms with Crippen LogP contribution in [0.5, 0.6) is 5.75 Å². The van der Waals surface area contributed by atoms with E-state index in [0.717, 1.165) is 42.9 Å². The Balaban J connectivity index is 1.29. The Morgan fingerprint density at radius 1 is 1.16 bits per heavy atom. The zero-order valence-electron chi connectivity index (χ0n) is 21.8. The van der Waals surface area contributed by atoms with Crippen molar-refractivity contribution in [2.45, 2.75) is 81.7 Å². The van der Waals surface area contributed by atoms with E-state index in [9.17, 15) is 14.3 Å². The van der Waals surface area contributed by atoms with Gasteiger partial charge in [0.25, 0.3) is 5.56 Å². The number of nitrogens with one attached hydrogen (secondary N) is 1. The van der Waals surface area contributed by atoms with E-state index < -0.39 is 17.5 Å². The van der Waals surface area contributed by atoms with Crippen LogP contribution in [0.1, 0.15) is 52.4 Å². The number of piperidine rings is 2. The summed E-state index contributed by atoms with van der Waals surface area (Å²) in [4.78, 5) is 18.5. The first-order valence-corrected chi connectivity index (χ1v) is 13.2. The van der Waals surface area contributed by atoms with Gasteiger partial charge in [-0.05, 0) is 70.1 Å². The molecule has 4 atom stereocenters. The van der Waals surface area contributed by atoms with Crippen LogP contribution in [0.3, 0.4) is 0 Å². The lowest BCUT2D eigenvalue weighted by atomic mass is 9.68. The Hall–Kier alpha value is -3.40. The summed E-state index contributed by atoms with van der Waals surface area (Å²) in [5, 5.41) is 23.0. The molecule has 2 saturated heterocycles. The molecular weight excluding hydrogens is 490 g/mol. The molecule has 10 heteroatoms. The number of aromatic nitrogens is 4. The van der Waals surface area contributed by atoms with Crippen molar-refractivity contribution in [2.75, 3.05) is 4.90 Å². The molecule has 2 aromatic heterocycles. The van der Waals surface area contributed by atoms with Gasteiger partial charge in [-0.3, -0.25) is 4.79 Å². The minimum Gasteiger partial charge on any atom is -0.507 e. The maximum Gasteiger partial charge on any atom is 0.251 e. The van der Waals surface area contributed by atoms with Crippen LogP contribution in [0.25, 0.3) is 22.5 Å². The van der Waals surface area contributed by atoms with Crippen LogP contribution in [0, 0.1) is 5.82 Å². The van der Waals surface area contributed by atoms with Crippen LogP contribution in [0.2, 0.25) is 0 Å². The monoisotopic (exact) mass is 522 g/mol. The maximum atomic E-state index is 16.0. The molecule has 1 aromatic carbocycles. The average molecular weight is 523 g/mol. The first kappa shape index (κ1) is 24.9. The Kier molecular flexibility index (Phi) is 5.79. The van der Waals surface area contributed by atoms with Crippen molar-refractivity contribution in [2.24, 2.45) is 7.05 Å². The van der Waals surface area contributed by atoms with E-state index in [1.807, 2.05) is 6.92 Å². The summed E-state index contributed by atoms with van der Waals surface area (Å²) in [5.74, 6) is 0.00920. The molecule has 3 aliphatic rings. The smallest absolute Gasteiger partial charge is 0.251 e. The normalized spacial score (nSPS) is 28.8. The number of aryl methyl sites for hydroxylation is 1. The summed E-state index contributed by atoms with van der Waals surface area (Å²) >= 11 is 0. The summed E-state index contributed by atoms with van der Waals surface area (Å²) in [5.41, 5.74) is -0.263. The third-order valence-electron chi connectivity index (χ3n) is 8.46. The third kappa shape index (κ3) is 4.24. The lowest BCUT2D eigenvalue weighted by Crippen LogP contribution is -2.73. The van der Waals surface area contributed by atoms with Gasteiger partial charge < -0.3 is 19.9 Å². The van der Waals surface area contributed by atoms with E-state index in [-0.39, 0.29) is 40.3 Å². The number of anilines is 1. The molecule has 2 bridgehead atoms. The first-order valence-electron chi connectivity index (χ1n) is 13.2. The third-order valence-corrected chi connectivity index (χ3v) is 8.46. The highest BCUT2D eigenvalue weighted by Crippen LogP contribution is 2.46. The van der Waals surface area contributed by atoms with Crippen molar-refractivity contribution < 1.29 is 13.9 Å². The van der Waals surface area contributed by atoms with Crippen LogP contribution < -0.4 is 15.8 Å². The molecule has 1 aliphatic carbocycles. The molecule has 200 valence electrons. The molecule has 0 radical (unpaired) electrons. The molecule has 0 spiro atoms. The lowest BCUT2D eigenvalue weighted by Gasteiger charge is -2.57. The van der Waals surface area contributed by atoms with Crippen LogP contribution in [0.4, 0.5) is 14.6 Å². The van der Waals surface area contributed by atoms with E-state index in [1.165, 1.54) is 19.2 Å². The number of phenols is 1. The van der Waals surface area contributed by atoms with Crippen molar-refractivity contribution in [3.63, 3.8) is 0 Å². The summed E-state index contributed by atoms with van der Waals surface area (Å²) < 4.78 is 31.6. The van der Waals surface area contributed by atoms with Gasteiger partial charge in [-0.15, -0.1) is 10.2 Å². The quantitative estimate of drug-likeness (QED) is 0.521. The summed E-state index contributed by atoms with van der Waals surface area (Å²) in [6.07, 6.45) is 7.14. The zero-order chi connectivity index (χ0) is 26.8. The Morgan fingerprint density at radius 3 is 2.63 bits per heavy atom. The number of aromatic hydroxyl groups is 1. The Bertz CT molecular complexity index is 1440. The molecular formula is C28H32F2N6O2. The summed E-state index contributed by atoms with van der Waals surface area (Å²) in [6.45, 7) is 4.18. The van der Waals surface area contributed by atoms with Crippen molar-refractivity contribution in [3.05, 3.63) is 52.8 Å². The first-order chi connectivity index (χ1) is 18.1. The van der Waals surface area contributed by atoms with Crippen molar-refractivity contribution in [1.29, 1.82) is 0 Å². The van der Waals surface area contributed by atoms with Gasteiger partial charge in [0, 0.05) is 42.0 Å². The summed E-state index contributed by atoms with van der Waals surface area (Å²) in [6, 6.07) is 5.64. The number of fused-ring (bicyclic) bond motifs is 2. The number of halogens is 2. The molecule has 8 nitrogen and oxygen atoms in total. The Morgan fingerprint density at radius 2 is 1.95 bits per heavy atom. The van der Waals surface area contributed by atoms with Crippen LogP contribution >= 0.6 is 0 Å². The van der Waals surface area contributed by atoms with Gasteiger partial charge >= 0.3 is 0 Å². The second-order valence-corrected chi connectivity index (χ2v) is 11.6. The molecule has 3 fully saturated rings. The maximum absolute atomic E-state index is 16.0. The fraction of sp³-hybridized carbons (Fsp3) is 0.500. The molecule has 3 aromatic rings. The van der Waals surface area contributed by atoms with Gasteiger partial charge in [-0.1, -0.05) is 6.07 Å². The lowest BCUT2D eigenvalue weighted by molar-refractivity contribution is 0.000258. The highest BCUT2D eigenvalue weighted by molar-refractivity contribution is 5.73. The number of hydrogen-bond donors (Lipinski definition) is 2. The molecule has 0 amide bonds. The number of nitrogens with zero attached hydrogens (tertiary/aromatic N) is 5. The minimum atomic E-state index is -1.05. The van der Waals surface area contributed by atoms with E-state index in [4.69, 9.17) is 0 Å². The SMILES string of the molecule is Cn1cc(F)c(-c2ccc(-c3ncc(N(C4CC4)[C@@H]4C[C@@]5(C)CCC[C@](C)(N5)[C@@H]4F)nn3)c(O)c2)cc1=O. The second kappa shape index (κ2) is 8.83. The number of alkyl halides is 1. The summed E-state index contributed by atoms with van der Waals surface area (Å²) in [7, 11) is 1.47. The molecule has 1 saturated carbocycles. The molecule has 4 heterocycles. The standard InChI is InChI=1S/C28H32F2N6O2/c1-27-9-4-10-28(2,34-27)25(30)21(13-27)36(17-6-7-17)23-14-31-26(33-32-23)18-8-5-16(11-22(18)37)19-12-24(38)35(3)15-20(19)29/h5,8,11-12,14-15,17,21,25,34,37H,4,6-7,9-10,13H2,1-3H3/t21-,25-,27-,28+/m1/s1. The predicted octanol–water partition coefficient (Wildman–Crippen LogP) is 4.12. The fourth-order valence-electron chi connectivity index (χ4n) is 6.45. The number of hydrogen-bond acceptors (Lipinski definition) is 7. The van der Waals surface area contributed by atoms with Crippen molar-refractivity contribution >= 4 is 5.82 Å². The number of pyridine rings is 1. The van der Waals surface area contributed by atoms with Crippen molar-refractivity contribution in [3.8, 4) is 28.3 Å². The number of phenolic OH excluding ortho intramolecular Hbond substituents is 1. The largest absolute Gasteiger partial charge is 0.507 e. The van der Waals surface area contributed by atoms with Gasteiger partial charge in [0.1, 0.15) is 17.7 Å². The van der Waals surface area contributed by atoms with Gasteiger partial charge in [0.05, 0.1) is 17.8 Å². The van der Waals surface area contributed by atoms with E-state index in [2.05, 4.69) is 32.3 Å². The molecule has 6 rings (SSSR count). The molecule has 2 N–H and O–H groups in total. The number of benzene rings is 1.